The Labute approximate surface area is 101 Å². The molecule has 5 nitrogen and oxygen atoms in total. The fraction of sp³-hybridized carbons (Fsp3) is 0.545. The molecule has 2 heterocycles. The molecule has 0 saturated carbocycles. The van der Waals surface area contributed by atoms with Crippen LogP contribution in [-0.4, -0.2) is 48.4 Å². The Balaban J connectivity index is 2.11. The van der Waals surface area contributed by atoms with Crippen LogP contribution >= 0.6 is 0 Å². The maximum absolute atomic E-state index is 12.1. The van der Waals surface area contributed by atoms with Crippen LogP contribution in [0.4, 0.5) is 0 Å². The molecule has 1 saturated heterocycles. The van der Waals surface area contributed by atoms with Crippen molar-refractivity contribution in [2.24, 2.45) is 7.05 Å². The quantitative estimate of drug-likeness (QED) is 0.764. The Morgan fingerprint density at radius 1 is 1.53 bits per heavy atom. The standard InChI is InChI=1S/C11H16N2O3S/c1-12-5-3-9(7-12)11(14)13(2)10-4-6-17(15,16)8-10/h3,5,7,10H,4,6,8H2,1-2H3. The van der Waals surface area contributed by atoms with Gasteiger partial charge in [0.1, 0.15) is 0 Å². The second-order valence-corrected chi connectivity index (χ2v) is 6.77. The molecule has 1 aliphatic heterocycles. The normalized spacial score (nSPS) is 22.6. The molecule has 1 atom stereocenters. The molecule has 1 fully saturated rings. The summed E-state index contributed by atoms with van der Waals surface area (Å²) in [5.74, 6) is 0.152. The van der Waals surface area contributed by atoms with E-state index in [1.807, 2.05) is 7.05 Å². The SMILES string of the molecule is CN(C(=O)c1ccn(C)c1)C1CCS(=O)(=O)C1. The van der Waals surface area contributed by atoms with E-state index >= 15 is 0 Å². The summed E-state index contributed by atoms with van der Waals surface area (Å²) >= 11 is 0. The highest BCUT2D eigenvalue weighted by Gasteiger charge is 2.33. The Hall–Kier alpha value is -1.30. The van der Waals surface area contributed by atoms with Crippen molar-refractivity contribution >= 4 is 15.7 Å². The average Bonchev–Trinajstić information content (AvgIpc) is 2.82. The molecule has 2 rings (SSSR count). The van der Waals surface area contributed by atoms with Gasteiger partial charge in [-0.05, 0) is 12.5 Å². The van der Waals surface area contributed by atoms with Gasteiger partial charge in [-0.1, -0.05) is 0 Å². The second-order valence-electron chi connectivity index (χ2n) is 4.54. The van der Waals surface area contributed by atoms with Crippen LogP contribution in [0.1, 0.15) is 16.8 Å². The number of aryl methyl sites for hydroxylation is 1. The van der Waals surface area contributed by atoms with Gasteiger partial charge in [-0.25, -0.2) is 8.42 Å². The van der Waals surface area contributed by atoms with Crippen LogP contribution in [0.3, 0.4) is 0 Å². The minimum absolute atomic E-state index is 0.0854. The summed E-state index contributed by atoms with van der Waals surface area (Å²) < 4.78 is 24.5. The summed E-state index contributed by atoms with van der Waals surface area (Å²) in [6, 6.07) is 1.55. The number of rotatable bonds is 2. The van der Waals surface area contributed by atoms with Crippen LogP contribution in [0, 0.1) is 0 Å². The summed E-state index contributed by atoms with van der Waals surface area (Å²) in [5.41, 5.74) is 0.597. The van der Waals surface area contributed by atoms with E-state index in [0.717, 1.165) is 0 Å². The molecule has 0 aliphatic carbocycles. The van der Waals surface area contributed by atoms with E-state index in [0.29, 0.717) is 12.0 Å². The van der Waals surface area contributed by atoms with Gasteiger partial charge in [0.15, 0.2) is 9.84 Å². The van der Waals surface area contributed by atoms with Crippen molar-refractivity contribution in [3.8, 4) is 0 Å². The third-order valence-corrected chi connectivity index (χ3v) is 4.91. The van der Waals surface area contributed by atoms with Crippen molar-refractivity contribution < 1.29 is 13.2 Å². The highest BCUT2D eigenvalue weighted by Crippen LogP contribution is 2.18. The van der Waals surface area contributed by atoms with Crippen molar-refractivity contribution in [3.05, 3.63) is 24.0 Å². The predicted molar refractivity (Wildman–Crippen MR) is 64.6 cm³/mol. The number of amides is 1. The van der Waals surface area contributed by atoms with E-state index < -0.39 is 9.84 Å². The smallest absolute Gasteiger partial charge is 0.255 e. The Morgan fingerprint density at radius 3 is 2.71 bits per heavy atom. The third-order valence-electron chi connectivity index (χ3n) is 3.16. The van der Waals surface area contributed by atoms with E-state index in [4.69, 9.17) is 0 Å². The molecule has 1 aromatic heterocycles. The molecule has 6 heteroatoms. The van der Waals surface area contributed by atoms with Crippen LogP contribution in [0.25, 0.3) is 0 Å². The van der Waals surface area contributed by atoms with Crippen molar-refractivity contribution in [2.45, 2.75) is 12.5 Å². The van der Waals surface area contributed by atoms with Crippen LogP contribution in [0.15, 0.2) is 18.5 Å². The first-order valence-corrected chi connectivity index (χ1v) is 7.31. The molecule has 0 radical (unpaired) electrons. The number of carbonyl (C=O) groups is 1. The van der Waals surface area contributed by atoms with Gasteiger partial charge in [0.05, 0.1) is 17.1 Å². The Kier molecular flexibility index (Phi) is 2.99. The number of sulfone groups is 1. The lowest BCUT2D eigenvalue weighted by atomic mass is 10.2. The zero-order chi connectivity index (χ0) is 12.6. The van der Waals surface area contributed by atoms with Crippen molar-refractivity contribution in [1.82, 2.24) is 9.47 Å². The van der Waals surface area contributed by atoms with E-state index in [1.54, 1.807) is 35.0 Å². The van der Waals surface area contributed by atoms with E-state index in [1.165, 1.54) is 0 Å². The number of aromatic nitrogens is 1. The molecule has 1 aromatic rings. The second kappa shape index (κ2) is 4.18. The van der Waals surface area contributed by atoms with Gasteiger partial charge in [-0.2, -0.15) is 0 Å². The number of hydrogen-bond acceptors (Lipinski definition) is 3. The molecule has 1 amide bonds. The molecule has 0 N–H and O–H groups in total. The van der Waals surface area contributed by atoms with Gasteiger partial charge in [-0.3, -0.25) is 4.79 Å². The fourth-order valence-corrected chi connectivity index (χ4v) is 3.85. The van der Waals surface area contributed by atoms with Crippen LogP contribution < -0.4 is 0 Å². The molecule has 0 aromatic carbocycles. The Morgan fingerprint density at radius 2 is 2.24 bits per heavy atom. The van der Waals surface area contributed by atoms with Crippen molar-refractivity contribution in [1.29, 1.82) is 0 Å². The molecular weight excluding hydrogens is 240 g/mol. The highest BCUT2D eigenvalue weighted by molar-refractivity contribution is 7.91. The molecular formula is C11H16N2O3S. The number of hydrogen-bond donors (Lipinski definition) is 0. The minimum Gasteiger partial charge on any atom is -0.356 e. The predicted octanol–water partition coefficient (Wildman–Crippen LogP) is 0.284. The lowest BCUT2D eigenvalue weighted by Gasteiger charge is -2.22. The average molecular weight is 256 g/mol. The summed E-state index contributed by atoms with van der Waals surface area (Å²) in [6.45, 7) is 0. The van der Waals surface area contributed by atoms with Gasteiger partial charge < -0.3 is 9.47 Å². The van der Waals surface area contributed by atoms with Gasteiger partial charge in [0.2, 0.25) is 0 Å². The molecule has 17 heavy (non-hydrogen) atoms. The van der Waals surface area contributed by atoms with Gasteiger partial charge in [0.25, 0.3) is 5.91 Å². The van der Waals surface area contributed by atoms with Crippen molar-refractivity contribution in [2.75, 3.05) is 18.6 Å². The lowest BCUT2D eigenvalue weighted by Crippen LogP contribution is -2.37. The van der Waals surface area contributed by atoms with E-state index in [-0.39, 0.29) is 23.5 Å². The molecule has 1 aliphatic rings. The Bertz CT molecular complexity index is 533. The van der Waals surface area contributed by atoms with Crippen LogP contribution in [-0.2, 0) is 16.9 Å². The van der Waals surface area contributed by atoms with E-state index in [9.17, 15) is 13.2 Å². The molecule has 0 bridgehead atoms. The first-order chi connectivity index (χ1) is 7.89. The summed E-state index contributed by atoms with van der Waals surface area (Å²) in [7, 11) is 0.561. The summed E-state index contributed by atoms with van der Waals surface area (Å²) in [6.07, 6.45) is 4.08. The zero-order valence-corrected chi connectivity index (χ0v) is 10.8. The maximum atomic E-state index is 12.1. The van der Waals surface area contributed by atoms with E-state index in [2.05, 4.69) is 0 Å². The maximum Gasteiger partial charge on any atom is 0.255 e. The largest absolute Gasteiger partial charge is 0.356 e. The molecule has 0 spiro atoms. The number of nitrogens with zero attached hydrogens (tertiary/aromatic N) is 2. The number of carbonyl (C=O) groups excluding carboxylic acids is 1. The monoisotopic (exact) mass is 256 g/mol. The van der Waals surface area contributed by atoms with Crippen LogP contribution in [0.5, 0.6) is 0 Å². The zero-order valence-electron chi connectivity index (χ0n) is 9.96. The van der Waals surface area contributed by atoms with Gasteiger partial charge >= 0.3 is 0 Å². The molecule has 94 valence electrons. The van der Waals surface area contributed by atoms with Crippen LogP contribution in [0.2, 0.25) is 0 Å². The highest BCUT2D eigenvalue weighted by atomic mass is 32.2. The fourth-order valence-electron chi connectivity index (χ4n) is 2.08. The van der Waals surface area contributed by atoms with Gasteiger partial charge in [-0.15, -0.1) is 0 Å². The first kappa shape index (κ1) is 12.2. The minimum atomic E-state index is -2.95. The topological polar surface area (TPSA) is 59.4 Å². The van der Waals surface area contributed by atoms with Gasteiger partial charge in [0, 0.05) is 32.5 Å². The lowest BCUT2D eigenvalue weighted by molar-refractivity contribution is 0.0747. The van der Waals surface area contributed by atoms with Crippen molar-refractivity contribution in [3.63, 3.8) is 0 Å². The summed E-state index contributed by atoms with van der Waals surface area (Å²) in [4.78, 5) is 13.6. The summed E-state index contributed by atoms with van der Waals surface area (Å²) in [5, 5.41) is 0. The first-order valence-electron chi connectivity index (χ1n) is 5.48. The third kappa shape index (κ3) is 2.52. The molecule has 1 unspecified atom stereocenters.